The van der Waals surface area contributed by atoms with Gasteiger partial charge in [0, 0.05) is 17.5 Å². The summed E-state index contributed by atoms with van der Waals surface area (Å²) in [6.45, 7) is 2.60. The molecule has 32 heavy (non-hydrogen) atoms. The number of sulfone groups is 1. The first kappa shape index (κ1) is 23.1. The van der Waals surface area contributed by atoms with Crippen LogP contribution in [0.2, 0.25) is 0 Å². The fourth-order valence-electron chi connectivity index (χ4n) is 4.26. The maximum Gasteiger partial charge on any atom is 0.254 e. The number of ether oxygens (including phenoxy) is 1. The minimum Gasteiger partial charge on any atom is -0.491 e. The number of rotatable bonds is 8. The quantitative estimate of drug-likeness (QED) is 0.539. The molecule has 7 nitrogen and oxygen atoms in total. The second-order valence-corrected chi connectivity index (χ2v) is 12.1. The Kier molecular flexibility index (Phi) is 7.07. The third-order valence-corrected chi connectivity index (χ3v) is 8.97. The van der Waals surface area contributed by atoms with Crippen LogP contribution in [-0.4, -0.2) is 56.2 Å². The molecule has 1 aromatic carbocycles. The van der Waals surface area contributed by atoms with Crippen LogP contribution in [-0.2, 0) is 22.7 Å². The van der Waals surface area contributed by atoms with Gasteiger partial charge in [-0.25, -0.2) is 8.42 Å². The molecule has 1 aliphatic carbocycles. The Hall–Kier alpha value is -2.10. The van der Waals surface area contributed by atoms with E-state index in [-0.39, 0.29) is 36.6 Å². The van der Waals surface area contributed by atoms with E-state index in [1.807, 2.05) is 30.3 Å². The van der Waals surface area contributed by atoms with Gasteiger partial charge < -0.3 is 20.5 Å². The summed E-state index contributed by atoms with van der Waals surface area (Å²) in [4.78, 5) is 14.4. The molecule has 1 fully saturated rings. The maximum atomic E-state index is 13.2. The summed E-state index contributed by atoms with van der Waals surface area (Å²) in [6, 6.07) is 8.97. The van der Waals surface area contributed by atoms with Gasteiger partial charge in [0.2, 0.25) is 0 Å². The number of carbonyl (C=O) groups excluding carboxylic acids is 1. The number of aliphatic hydroxyl groups is 1. The number of benzene rings is 1. The number of hydrogen-bond donors (Lipinski definition) is 3. The summed E-state index contributed by atoms with van der Waals surface area (Å²) in [6.07, 6.45) is 2.49. The van der Waals surface area contributed by atoms with Crippen LogP contribution in [0.15, 0.2) is 30.3 Å². The number of hydrogen-bond acceptors (Lipinski definition) is 7. The van der Waals surface area contributed by atoms with Crippen molar-refractivity contribution >= 4 is 32.1 Å². The molecule has 2 heterocycles. The molecule has 0 saturated carbocycles. The van der Waals surface area contributed by atoms with Gasteiger partial charge in [0.1, 0.15) is 23.5 Å². The van der Waals surface area contributed by atoms with Gasteiger partial charge in [-0.2, -0.15) is 0 Å². The monoisotopic (exact) mass is 478 g/mol. The lowest BCUT2D eigenvalue weighted by molar-refractivity contribution is 0.0940. The predicted molar refractivity (Wildman–Crippen MR) is 126 cm³/mol. The highest BCUT2D eigenvalue weighted by Crippen LogP contribution is 2.39. The zero-order chi connectivity index (χ0) is 22.7. The summed E-state index contributed by atoms with van der Waals surface area (Å²) in [5, 5.41) is 17.3. The second kappa shape index (κ2) is 9.80. The Bertz CT molecular complexity index is 1050. The first-order valence-electron chi connectivity index (χ1n) is 11.1. The molecule has 1 saturated heterocycles. The highest BCUT2D eigenvalue weighted by atomic mass is 32.2. The molecule has 2 aromatic rings. The lowest BCUT2D eigenvalue weighted by atomic mass is 9.88. The van der Waals surface area contributed by atoms with E-state index in [9.17, 15) is 18.3 Å². The van der Waals surface area contributed by atoms with Crippen LogP contribution in [0.5, 0.6) is 5.75 Å². The number of fused-ring (bicyclic) bond motifs is 1. The van der Waals surface area contributed by atoms with E-state index in [0.717, 1.165) is 29.8 Å². The van der Waals surface area contributed by atoms with Crippen molar-refractivity contribution in [2.24, 2.45) is 5.92 Å². The molecule has 2 aliphatic rings. The van der Waals surface area contributed by atoms with Gasteiger partial charge in [0.05, 0.1) is 17.1 Å². The zero-order valence-corrected chi connectivity index (χ0v) is 19.8. The topological polar surface area (TPSA) is 105 Å². The van der Waals surface area contributed by atoms with Crippen LogP contribution in [0.3, 0.4) is 0 Å². The fraction of sp³-hybridized carbons (Fsp3) is 0.522. The van der Waals surface area contributed by atoms with Crippen molar-refractivity contribution in [1.82, 2.24) is 5.32 Å². The zero-order valence-electron chi connectivity index (χ0n) is 18.2. The molecule has 1 aliphatic heterocycles. The minimum atomic E-state index is -3.07. The molecule has 4 rings (SSSR count). The number of para-hydroxylation sites is 1. The second-order valence-electron chi connectivity index (χ2n) is 8.79. The number of anilines is 1. The van der Waals surface area contributed by atoms with Crippen LogP contribution >= 0.6 is 11.3 Å². The molecule has 9 heteroatoms. The average molecular weight is 479 g/mol. The number of thiophene rings is 1. The molecular weight excluding hydrogens is 448 g/mol. The van der Waals surface area contributed by atoms with Crippen molar-refractivity contribution in [3.05, 3.63) is 46.3 Å². The van der Waals surface area contributed by atoms with Gasteiger partial charge in [-0.15, -0.1) is 11.3 Å². The first-order valence-corrected chi connectivity index (χ1v) is 13.7. The third-order valence-electron chi connectivity index (χ3n) is 5.99. The Labute approximate surface area is 193 Å². The molecule has 0 spiro atoms. The predicted octanol–water partition coefficient (Wildman–Crippen LogP) is 2.64. The number of nitrogens with one attached hydrogen (secondary N) is 2. The van der Waals surface area contributed by atoms with E-state index in [1.165, 1.54) is 4.88 Å². The highest BCUT2D eigenvalue weighted by molar-refractivity contribution is 7.91. The first-order chi connectivity index (χ1) is 15.3. The van der Waals surface area contributed by atoms with Crippen LogP contribution in [0, 0.1) is 5.92 Å². The van der Waals surface area contributed by atoms with Crippen molar-refractivity contribution in [3.63, 3.8) is 0 Å². The van der Waals surface area contributed by atoms with Crippen molar-refractivity contribution in [2.75, 3.05) is 30.0 Å². The van der Waals surface area contributed by atoms with Crippen molar-refractivity contribution in [3.8, 4) is 5.75 Å². The van der Waals surface area contributed by atoms with Crippen LogP contribution in [0.4, 0.5) is 5.00 Å². The van der Waals surface area contributed by atoms with E-state index in [2.05, 4.69) is 17.6 Å². The van der Waals surface area contributed by atoms with Gasteiger partial charge >= 0.3 is 0 Å². The third kappa shape index (κ3) is 5.63. The van der Waals surface area contributed by atoms with Gasteiger partial charge in [0.25, 0.3) is 5.91 Å². The van der Waals surface area contributed by atoms with E-state index < -0.39 is 15.9 Å². The summed E-state index contributed by atoms with van der Waals surface area (Å²) >= 11 is 1.57. The molecule has 3 N–H and O–H groups in total. The Morgan fingerprint density at radius 3 is 2.78 bits per heavy atom. The van der Waals surface area contributed by atoms with Gasteiger partial charge in [0.15, 0.2) is 9.84 Å². The van der Waals surface area contributed by atoms with Gasteiger partial charge in [-0.3, -0.25) is 4.79 Å². The number of aliphatic hydroxyl groups excluding tert-OH is 1. The number of carbonyl (C=O) groups is 1. The molecule has 0 bridgehead atoms. The molecule has 174 valence electrons. The summed E-state index contributed by atoms with van der Waals surface area (Å²) in [7, 11) is -3.07. The Balaban J connectivity index is 1.44. The van der Waals surface area contributed by atoms with Crippen molar-refractivity contribution in [1.29, 1.82) is 0 Å². The lowest BCUT2D eigenvalue weighted by Gasteiger charge is -2.19. The van der Waals surface area contributed by atoms with Crippen molar-refractivity contribution in [2.45, 2.75) is 44.8 Å². The maximum absolute atomic E-state index is 13.2. The SMILES string of the molecule is CC1CCc2c(sc(NCC(O)COc3ccccc3)c2C(=O)NC2CCS(=O)(=O)C2)C1. The Morgan fingerprint density at radius 1 is 1.28 bits per heavy atom. The normalized spacial score (nSPS) is 22.7. The number of amides is 1. The van der Waals surface area contributed by atoms with Gasteiger partial charge in [-0.05, 0) is 49.3 Å². The Morgan fingerprint density at radius 2 is 2.06 bits per heavy atom. The minimum absolute atomic E-state index is 0.000399. The summed E-state index contributed by atoms with van der Waals surface area (Å²) in [5.74, 6) is 1.15. The largest absolute Gasteiger partial charge is 0.491 e. The van der Waals surface area contributed by atoms with E-state index >= 15 is 0 Å². The molecular formula is C23H30N2O5S2. The van der Waals surface area contributed by atoms with Crippen LogP contribution in [0.25, 0.3) is 0 Å². The molecule has 3 atom stereocenters. The summed E-state index contributed by atoms with van der Waals surface area (Å²) < 4.78 is 29.2. The van der Waals surface area contributed by atoms with E-state index in [4.69, 9.17) is 4.74 Å². The molecule has 3 unspecified atom stereocenters. The van der Waals surface area contributed by atoms with E-state index in [1.54, 1.807) is 11.3 Å². The highest BCUT2D eigenvalue weighted by Gasteiger charge is 2.32. The lowest BCUT2D eigenvalue weighted by Crippen LogP contribution is -2.36. The van der Waals surface area contributed by atoms with Crippen LogP contribution in [0.1, 0.15) is 40.6 Å². The van der Waals surface area contributed by atoms with E-state index in [0.29, 0.717) is 23.7 Å². The average Bonchev–Trinajstić information content (AvgIpc) is 3.29. The van der Waals surface area contributed by atoms with Crippen molar-refractivity contribution < 1.29 is 23.1 Å². The smallest absolute Gasteiger partial charge is 0.254 e. The van der Waals surface area contributed by atoms with Crippen LogP contribution < -0.4 is 15.4 Å². The standard InChI is InChI=1S/C23H30N2O5S2/c1-15-7-8-19-20(11-15)31-23(21(19)22(27)25-16-9-10-32(28,29)14-16)24-12-17(26)13-30-18-5-3-2-4-6-18/h2-6,15-17,24,26H,7-14H2,1H3,(H,25,27). The molecule has 1 amide bonds. The summed E-state index contributed by atoms with van der Waals surface area (Å²) in [5.41, 5.74) is 1.67. The molecule has 0 radical (unpaired) electrons. The molecule has 1 aromatic heterocycles. The van der Waals surface area contributed by atoms with Gasteiger partial charge in [-0.1, -0.05) is 25.1 Å². The fourth-order valence-corrected chi connectivity index (χ4v) is 7.35.